The zero-order valence-electron chi connectivity index (χ0n) is 14.4. The van der Waals surface area contributed by atoms with E-state index in [0.29, 0.717) is 24.0 Å². The molecule has 3 rings (SSSR count). The highest BCUT2D eigenvalue weighted by Gasteiger charge is 2.23. The molecule has 0 bridgehead atoms. The Balaban J connectivity index is 1.51. The standard InChI is InChI=1S/C19H23FN4O/c1-14-3-2-12-24(13-14)19(25)17-8-9-18(23-22-17)21-11-10-15-4-6-16(20)7-5-15/h4-9,14H,2-3,10-13H2,1H3,(H,21,23). The van der Waals surface area contributed by atoms with Gasteiger partial charge in [-0.1, -0.05) is 19.1 Å². The molecule has 2 aromatic rings. The Morgan fingerprint density at radius 1 is 1.24 bits per heavy atom. The molecular weight excluding hydrogens is 319 g/mol. The van der Waals surface area contributed by atoms with Crippen LogP contribution in [0.1, 0.15) is 35.8 Å². The van der Waals surface area contributed by atoms with Crippen LogP contribution in [0.15, 0.2) is 36.4 Å². The summed E-state index contributed by atoms with van der Waals surface area (Å²) in [6.45, 7) is 4.41. The molecule has 1 aromatic heterocycles. The molecular formula is C19H23FN4O. The molecule has 1 aliphatic rings. The van der Waals surface area contributed by atoms with Crippen LogP contribution in [0.2, 0.25) is 0 Å². The molecule has 1 N–H and O–H groups in total. The number of anilines is 1. The van der Waals surface area contributed by atoms with Gasteiger partial charge in [-0.15, -0.1) is 10.2 Å². The van der Waals surface area contributed by atoms with E-state index in [-0.39, 0.29) is 11.7 Å². The minimum absolute atomic E-state index is 0.0445. The predicted octanol–water partition coefficient (Wildman–Crippen LogP) is 3.14. The van der Waals surface area contributed by atoms with Crippen LogP contribution in [0.4, 0.5) is 10.2 Å². The number of likely N-dealkylation sites (tertiary alicyclic amines) is 1. The maximum atomic E-state index is 12.9. The zero-order valence-corrected chi connectivity index (χ0v) is 14.4. The summed E-state index contributed by atoms with van der Waals surface area (Å²) in [5.74, 6) is 0.895. The highest BCUT2D eigenvalue weighted by Crippen LogP contribution is 2.17. The zero-order chi connectivity index (χ0) is 17.6. The fraction of sp³-hybridized carbons (Fsp3) is 0.421. The normalized spacial score (nSPS) is 17.4. The molecule has 0 spiro atoms. The largest absolute Gasteiger partial charge is 0.368 e. The number of carbonyl (C=O) groups is 1. The van der Waals surface area contributed by atoms with Crippen LogP contribution in [-0.2, 0) is 6.42 Å². The van der Waals surface area contributed by atoms with Gasteiger partial charge in [0.05, 0.1) is 0 Å². The minimum atomic E-state index is -0.231. The fourth-order valence-electron chi connectivity index (χ4n) is 3.06. The smallest absolute Gasteiger partial charge is 0.274 e. The van der Waals surface area contributed by atoms with Crippen molar-refractivity contribution >= 4 is 11.7 Å². The van der Waals surface area contributed by atoms with Crippen LogP contribution in [0.5, 0.6) is 0 Å². The molecule has 0 saturated carbocycles. The van der Waals surface area contributed by atoms with Crippen molar-refractivity contribution in [1.29, 1.82) is 0 Å². The fourth-order valence-corrected chi connectivity index (χ4v) is 3.06. The first-order valence-electron chi connectivity index (χ1n) is 8.73. The number of hydrogen-bond acceptors (Lipinski definition) is 4. The molecule has 0 radical (unpaired) electrons. The number of aromatic nitrogens is 2. The average molecular weight is 342 g/mol. The lowest BCUT2D eigenvalue weighted by Gasteiger charge is -2.30. The second-order valence-corrected chi connectivity index (χ2v) is 6.61. The second kappa shape index (κ2) is 8.05. The van der Waals surface area contributed by atoms with Gasteiger partial charge in [0.15, 0.2) is 5.69 Å². The van der Waals surface area contributed by atoms with Crippen LogP contribution in [-0.4, -0.2) is 40.6 Å². The van der Waals surface area contributed by atoms with E-state index < -0.39 is 0 Å². The van der Waals surface area contributed by atoms with Crippen LogP contribution in [0.25, 0.3) is 0 Å². The number of carbonyl (C=O) groups excluding carboxylic acids is 1. The molecule has 1 aromatic carbocycles. The Kier molecular flexibility index (Phi) is 5.58. The van der Waals surface area contributed by atoms with E-state index in [1.807, 2.05) is 4.90 Å². The average Bonchev–Trinajstić information content (AvgIpc) is 2.63. The number of rotatable bonds is 5. The van der Waals surface area contributed by atoms with Crippen LogP contribution in [0, 0.1) is 11.7 Å². The Labute approximate surface area is 147 Å². The Hall–Kier alpha value is -2.50. The third-order valence-corrected chi connectivity index (χ3v) is 4.46. The van der Waals surface area contributed by atoms with Gasteiger partial charge >= 0.3 is 0 Å². The van der Waals surface area contributed by atoms with Gasteiger partial charge in [-0.3, -0.25) is 4.79 Å². The number of nitrogens with zero attached hydrogens (tertiary/aromatic N) is 3. The summed E-state index contributed by atoms with van der Waals surface area (Å²) in [4.78, 5) is 14.3. The minimum Gasteiger partial charge on any atom is -0.368 e. The Morgan fingerprint density at radius 3 is 2.72 bits per heavy atom. The molecule has 1 saturated heterocycles. The van der Waals surface area contributed by atoms with E-state index in [0.717, 1.165) is 31.5 Å². The molecule has 132 valence electrons. The molecule has 1 amide bonds. The van der Waals surface area contributed by atoms with Gasteiger partial charge in [-0.05, 0) is 55.0 Å². The highest BCUT2D eigenvalue weighted by atomic mass is 19.1. The molecule has 1 aliphatic heterocycles. The van der Waals surface area contributed by atoms with E-state index in [4.69, 9.17) is 0 Å². The molecule has 1 fully saturated rings. The maximum absolute atomic E-state index is 12.9. The number of amides is 1. The van der Waals surface area contributed by atoms with Gasteiger partial charge in [0, 0.05) is 19.6 Å². The van der Waals surface area contributed by atoms with Gasteiger partial charge in [-0.2, -0.15) is 0 Å². The molecule has 1 atom stereocenters. The van der Waals surface area contributed by atoms with Crippen molar-refractivity contribution in [2.75, 3.05) is 25.0 Å². The van der Waals surface area contributed by atoms with Crippen molar-refractivity contribution in [2.45, 2.75) is 26.2 Å². The third-order valence-electron chi connectivity index (χ3n) is 4.46. The summed E-state index contributed by atoms with van der Waals surface area (Å²) in [5.41, 5.74) is 1.44. The van der Waals surface area contributed by atoms with Crippen LogP contribution in [0.3, 0.4) is 0 Å². The first-order chi connectivity index (χ1) is 12.1. The van der Waals surface area contributed by atoms with Gasteiger partial charge < -0.3 is 10.2 Å². The number of halogens is 1. The van der Waals surface area contributed by atoms with Crippen molar-refractivity contribution in [3.63, 3.8) is 0 Å². The van der Waals surface area contributed by atoms with E-state index in [1.165, 1.54) is 18.6 Å². The Morgan fingerprint density at radius 2 is 2.04 bits per heavy atom. The lowest BCUT2D eigenvalue weighted by Crippen LogP contribution is -2.39. The van der Waals surface area contributed by atoms with Crippen molar-refractivity contribution < 1.29 is 9.18 Å². The maximum Gasteiger partial charge on any atom is 0.274 e. The summed E-state index contributed by atoms with van der Waals surface area (Å²) >= 11 is 0. The Bertz CT molecular complexity index is 702. The topological polar surface area (TPSA) is 58.1 Å². The van der Waals surface area contributed by atoms with Gasteiger partial charge in [0.1, 0.15) is 11.6 Å². The first kappa shape index (κ1) is 17.3. The first-order valence-corrected chi connectivity index (χ1v) is 8.73. The summed E-state index contributed by atoms with van der Waals surface area (Å²) in [5, 5.41) is 11.3. The summed E-state index contributed by atoms with van der Waals surface area (Å²) in [7, 11) is 0. The third kappa shape index (κ3) is 4.75. The van der Waals surface area contributed by atoms with E-state index >= 15 is 0 Å². The van der Waals surface area contributed by atoms with Crippen molar-refractivity contribution in [3.05, 3.63) is 53.5 Å². The number of piperidine rings is 1. The molecule has 1 unspecified atom stereocenters. The van der Waals surface area contributed by atoms with Gasteiger partial charge in [0.25, 0.3) is 5.91 Å². The lowest BCUT2D eigenvalue weighted by molar-refractivity contribution is 0.0676. The molecule has 25 heavy (non-hydrogen) atoms. The molecule has 6 heteroatoms. The summed E-state index contributed by atoms with van der Waals surface area (Å²) in [6, 6.07) is 9.94. The van der Waals surface area contributed by atoms with E-state index in [1.54, 1.807) is 24.3 Å². The number of benzene rings is 1. The van der Waals surface area contributed by atoms with Gasteiger partial charge in [0.2, 0.25) is 0 Å². The lowest BCUT2D eigenvalue weighted by atomic mass is 10.00. The number of nitrogens with one attached hydrogen (secondary N) is 1. The SMILES string of the molecule is CC1CCCN(C(=O)c2ccc(NCCc3ccc(F)cc3)nn2)C1. The van der Waals surface area contributed by atoms with Crippen molar-refractivity contribution in [3.8, 4) is 0 Å². The van der Waals surface area contributed by atoms with E-state index in [2.05, 4.69) is 22.4 Å². The van der Waals surface area contributed by atoms with Crippen molar-refractivity contribution in [1.82, 2.24) is 15.1 Å². The summed E-state index contributed by atoms with van der Waals surface area (Å²) in [6.07, 6.45) is 2.98. The summed E-state index contributed by atoms with van der Waals surface area (Å²) < 4.78 is 12.9. The monoisotopic (exact) mass is 342 g/mol. The van der Waals surface area contributed by atoms with Crippen LogP contribution >= 0.6 is 0 Å². The van der Waals surface area contributed by atoms with Crippen molar-refractivity contribution in [2.24, 2.45) is 5.92 Å². The van der Waals surface area contributed by atoms with Gasteiger partial charge in [-0.25, -0.2) is 4.39 Å². The predicted molar refractivity (Wildman–Crippen MR) is 94.9 cm³/mol. The second-order valence-electron chi connectivity index (χ2n) is 6.61. The molecule has 5 nitrogen and oxygen atoms in total. The highest BCUT2D eigenvalue weighted by molar-refractivity contribution is 5.92. The molecule has 2 heterocycles. The quantitative estimate of drug-likeness (QED) is 0.907. The number of hydrogen-bond donors (Lipinski definition) is 1. The molecule has 0 aliphatic carbocycles. The van der Waals surface area contributed by atoms with Crippen LogP contribution < -0.4 is 5.32 Å². The van der Waals surface area contributed by atoms with E-state index in [9.17, 15) is 9.18 Å².